The second kappa shape index (κ2) is 8.17. The minimum atomic E-state index is -1.69. The Labute approximate surface area is 199 Å². The van der Waals surface area contributed by atoms with Crippen molar-refractivity contribution >= 4 is 22.4 Å². The number of fused-ring (bicyclic) bond motifs is 5. The zero-order valence-electron chi connectivity index (χ0n) is 22.2. The van der Waals surface area contributed by atoms with Crippen molar-refractivity contribution in [1.29, 1.82) is 0 Å². The topological polar surface area (TPSA) is 35.5 Å². The van der Waals surface area contributed by atoms with E-state index in [9.17, 15) is 4.79 Å². The van der Waals surface area contributed by atoms with Crippen LogP contribution in [0.2, 0.25) is 39.3 Å². The van der Waals surface area contributed by atoms with E-state index >= 15 is 0 Å². The van der Waals surface area contributed by atoms with Crippen LogP contribution in [0.15, 0.2) is 11.6 Å². The van der Waals surface area contributed by atoms with Gasteiger partial charge in [-0.3, -0.25) is 4.79 Å². The normalized spacial score (nSPS) is 44.3. The lowest BCUT2D eigenvalue weighted by molar-refractivity contribution is -0.129. The molecule has 3 nitrogen and oxygen atoms in total. The van der Waals surface area contributed by atoms with Gasteiger partial charge in [-0.2, -0.15) is 0 Å². The van der Waals surface area contributed by atoms with Gasteiger partial charge in [0.1, 0.15) is 5.78 Å². The Morgan fingerprint density at radius 2 is 1.56 bits per heavy atom. The first-order valence-corrected chi connectivity index (χ1v) is 20.0. The van der Waals surface area contributed by atoms with Crippen molar-refractivity contribution in [2.75, 3.05) is 0 Å². The van der Waals surface area contributed by atoms with Gasteiger partial charge in [0.25, 0.3) is 0 Å². The molecule has 0 bridgehead atoms. The maximum absolute atomic E-state index is 12.5. The Morgan fingerprint density at radius 3 is 2.16 bits per heavy atom. The molecule has 8 atom stereocenters. The van der Waals surface area contributed by atoms with Gasteiger partial charge >= 0.3 is 0 Å². The summed E-state index contributed by atoms with van der Waals surface area (Å²) in [7, 11) is -3.27. The summed E-state index contributed by atoms with van der Waals surface area (Å²) < 4.78 is 13.5. The Morgan fingerprint density at radius 1 is 0.906 bits per heavy atom. The van der Waals surface area contributed by atoms with Crippen molar-refractivity contribution in [2.45, 2.75) is 117 Å². The van der Waals surface area contributed by atoms with E-state index in [1.807, 2.05) is 6.92 Å². The van der Waals surface area contributed by atoms with Gasteiger partial charge in [0.2, 0.25) is 0 Å². The van der Waals surface area contributed by atoms with Crippen molar-refractivity contribution in [3.8, 4) is 0 Å². The average Bonchev–Trinajstić information content (AvgIpc) is 2.98. The fourth-order valence-electron chi connectivity index (χ4n) is 8.47. The van der Waals surface area contributed by atoms with E-state index in [0.29, 0.717) is 17.6 Å². The third kappa shape index (κ3) is 4.41. The second-order valence-corrected chi connectivity index (χ2v) is 22.9. The molecule has 0 heterocycles. The summed E-state index contributed by atoms with van der Waals surface area (Å²) in [5.41, 5.74) is 2.00. The van der Waals surface area contributed by atoms with Gasteiger partial charge in [0.05, 0.1) is 12.2 Å². The van der Waals surface area contributed by atoms with Crippen molar-refractivity contribution < 1.29 is 13.6 Å². The largest absolute Gasteiger partial charge is 0.411 e. The monoisotopic (exact) mass is 476 g/mol. The molecular weight excluding hydrogens is 428 g/mol. The number of carbonyl (C=O) groups excluding carboxylic acids is 1. The van der Waals surface area contributed by atoms with Crippen LogP contribution in [-0.2, 0) is 13.6 Å². The highest BCUT2D eigenvalue weighted by Crippen LogP contribution is 2.67. The maximum atomic E-state index is 12.5. The third-order valence-electron chi connectivity index (χ3n) is 9.55. The van der Waals surface area contributed by atoms with Crippen molar-refractivity contribution in [2.24, 2.45) is 34.5 Å². The van der Waals surface area contributed by atoms with E-state index in [4.69, 9.17) is 8.85 Å². The predicted octanol–water partition coefficient (Wildman–Crippen LogP) is 7.20. The third-order valence-corrected chi connectivity index (χ3v) is 11.6. The average molecular weight is 477 g/mol. The first-order chi connectivity index (χ1) is 14.6. The van der Waals surface area contributed by atoms with Crippen LogP contribution in [0.1, 0.15) is 65.7 Å². The van der Waals surface area contributed by atoms with Gasteiger partial charge in [-0.25, -0.2) is 0 Å². The Kier molecular flexibility index (Phi) is 6.35. The highest BCUT2D eigenvalue weighted by molar-refractivity contribution is 6.70. The van der Waals surface area contributed by atoms with Gasteiger partial charge < -0.3 is 8.85 Å². The van der Waals surface area contributed by atoms with E-state index in [2.05, 4.69) is 59.2 Å². The second-order valence-electron chi connectivity index (χ2n) is 14.0. The molecular formula is C27H48O3Si2. The predicted molar refractivity (Wildman–Crippen MR) is 138 cm³/mol. The molecule has 0 saturated heterocycles. The molecule has 4 aliphatic carbocycles. The summed E-state index contributed by atoms with van der Waals surface area (Å²) in [6.07, 6.45) is 11.4. The number of hydrogen-bond donors (Lipinski definition) is 0. The van der Waals surface area contributed by atoms with Crippen molar-refractivity contribution in [3.05, 3.63) is 11.6 Å². The molecule has 3 fully saturated rings. The van der Waals surface area contributed by atoms with E-state index in [1.54, 1.807) is 5.57 Å². The molecule has 5 heteroatoms. The van der Waals surface area contributed by atoms with Crippen LogP contribution >= 0.6 is 0 Å². The minimum Gasteiger partial charge on any atom is -0.411 e. The molecule has 4 rings (SSSR count). The SMILES string of the molecule is CC(=O)[C@H]1CC[C@H]2[C@@H]3C[C@@H](O[Si](C)(C)C)C4=C[C@@H](O[Si](C)(C)C)CC[C@]4(C)[C@H]3CC[C@]12C. The van der Waals surface area contributed by atoms with Crippen LogP contribution in [0.5, 0.6) is 0 Å². The van der Waals surface area contributed by atoms with Gasteiger partial charge in [0.15, 0.2) is 16.6 Å². The van der Waals surface area contributed by atoms with Crippen LogP contribution < -0.4 is 0 Å². The molecule has 0 aromatic carbocycles. The fraction of sp³-hybridized carbons (Fsp3) is 0.889. The summed E-state index contributed by atoms with van der Waals surface area (Å²) in [4.78, 5) is 12.5. The minimum absolute atomic E-state index is 0.201. The lowest BCUT2D eigenvalue weighted by Crippen LogP contribution is -2.56. The molecule has 0 aromatic rings. The summed E-state index contributed by atoms with van der Waals surface area (Å²) in [6.45, 7) is 20.8. The lowest BCUT2D eigenvalue weighted by atomic mass is 9.46. The van der Waals surface area contributed by atoms with Crippen LogP contribution in [0.25, 0.3) is 0 Å². The van der Waals surface area contributed by atoms with Crippen LogP contribution in [-0.4, -0.2) is 34.6 Å². The molecule has 32 heavy (non-hydrogen) atoms. The standard InChI is InChI=1S/C27H48O3Si2/c1-18(28)21-10-11-22-20-17-25(30-32(7,8)9)24-16-19(29-31(4,5)6)12-14-27(24,3)23(20)13-15-26(21,22)2/h16,19-23,25H,10-15,17H2,1-9H3/t19-,20-,21+,22-,23-,25+,26+,27+/m0/s1. The molecule has 0 radical (unpaired) electrons. The van der Waals surface area contributed by atoms with Crippen LogP contribution in [0.4, 0.5) is 0 Å². The molecule has 4 aliphatic rings. The van der Waals surface area contributed by atoms with Gasteiger partial charge in [-0.05, 0) is 125 Å². The lowest BCUT2D eigenvalue weighted by Gasteiger charge is -2.60. The van der Waals surface area contributed by atoms with Gasteiger partial charge in [-0.15, -0.1) is 0 Å². The maximum Gasteiger partial charge on any atom is 0.184 e. The van der Waals surface area contributed by atoms with E-state index in [-0.39, 0.29) is 29.0 Å². The zero-order chi connectivity index (χ0) is 23.7. The van der Waals surface area contributed by atoms with Crippen LogP contribution in [0.3, 0.4) is 0 Å². The summed E-state index contributed by atoms with van der Waals surface area (Å²) >= 11 is 0. The quantitative estimate of drug-likeness (QED) is 0.311. The first kappa shape index (κ1) is 24.9. The molecule has 0 N–H and O–H groups in total. The van der Waals surface area contributed by atoms with E-state index in [0.717, 1.165) is 25.2 Å². The van der Waals surface area contributed by atoms with Crippen LogP contribution in [0, 0.1) is 34.5 Å². The first-order valence-electron chi connectivity index (χ1n) is 13.2. The number of hydrogen-bond acceptors (Lipinski definition) is 3. The Hall–Kier alpha value is -0.236. The molecule has 0 aromatic heterocycles. The van der Waals surface area contributed by atoms with Crippen molar-refractivity contribution in [3.63, 3.8) is 0 Å². The zero-order valence-corrected chi connectivity index (χ0v) is 24.2. The van der Waals surface area contributed by atoms with Crippen molar-refractivity contribution in [1.82, 2.24) is 0 Å². The molecule has 0 spiro atoms. The van der Waals surface area contributed by atoms with E-state index in [1.165, 1.54) is 25.7 Å². The molecule has 0 amide bonds. The molecule has 0 unspecified atom stereocenters. The Bertz CT molecular complexity index is 779. The highest BCUT2D eigenvalue weighted by Gasteiger charge is 2.61. The number of Topliss-reactive ketones (excluding diaryl/α,β-unsaturated/α-hetero) is 1. The molecule has 182 valence electrons. The van der Waals surface area contributed by atoms with Gasteiger partial charge in [-0.1, -0.05) is 19.9 Å². The Balaban J connectivity index is 1.70. The number of carbonyl (C=O) groups is 1. The molecule has 3 saturated carbocycles. The highest BCUT2D eigenvalue weighted by atomic mass is 28.4. The fourth-order valence-corrected chi connectivity index (χ4v) is 10.6. The number of rotatable bonds is 5. The smallest absolute Gasteiger partial charge is 0.184 e. The number of ketones is 1. The summed E-state index contributed by atoms with van der Waals surface area (Å²) in [5, 5.41) is 0. The van der Waals surface area contributed by atoms with E-state index < -0.39 is 16.6 Å². The van der Waals surface area contributed by atoms with Gasteiger partial charge in [0, 0.05) is 5.92 Å². The molecule has 0 aliphatic heterocycles. The summed E-state index contributed by atoms with van der Waals surface area (Å²) in [5.74, 6) is 2.80. The summed E-state index contributed by atoms with van der Waals surface area (Å²) in [6, 6.07) is 0.